The first-order chi connectivity index (χ1) is 0. The van der Waals surface area contributed by atoms with Crippen molar-refractivity contribution in [1.82, 2.24) is 0 Å². The molecule has 0 aromatic rings. The van der Waals surface area contributed by atoms with Gasteiger partial charge in [0.15, 0.2) is 0 Å². The van der Waals surface area contributed by atoms with E-state index in [4.69, 9.17) is 0 Å². The van der Waals surface area contributed by atoms with Crippen molar-refractivity contribution in [2.45, 2.75) is 0 Å². The Morgan fingerprint density at radius 3 is 0.800 bits per heavy atom. The van der Waals surface area contributed by atoms with Gasteiger partial charge in [0.05, 0.1) is 0 Å². The molecule has 0 aliphatic rings. The van der Waals surface area contributed by atoms with Gasteiger partial charge in [0, 0.05) is 21.1 Å². The quantitative estimate of drug-likeness (QED) is 0.314. The second kappa shape index (κ2) is 66.0. The molecule has 0 saturated carbocycles. The van der Waals surface area contributed by atoms with Crippen LogP contribution in [0.2, 0.25) is 0 Å². The maximum atomic E-state index is 0. The monoisotopic (exact) mass is 160 g/mol. The normalized spacial score (nSPS) is 0. The summed E-state index contributed by atoms with van der Waals surface area (Å²) in [6.07, 6.45) is 0. The minimum absolute atomic E-state index is 0. The Kier molecular flexibility index (Phi) is 1600. The van der Waals surface area contributed by atoms with Gasteiger partial charge < -0.3 is 17.9 Å². The van der Waals surface area contributed by atoms with Crippen molar-refractivity contribution in [2.75, 3.05) is 0 Å². The first-order valence-electron chi connectivity index (χ1n) is 0. The third-order valence-electron chi connectivity index (χ3n) is 0. The van der Waals surface area contributed by atoms with Gasteiger partial charge in [0.1, 0.15) is 0 Å². The number of hydrogen-bond donors (Lipinski definition) is 0. The summed E-state index contributed by atoms with van der Waals surface area (Å²) in [5, 5.41) is 0. The zero-order chi connectivity index (χ0) is 0. The summed E-state index contributed by atoms with van der Waals surface area (Å²) in [4.78, 5) is 0. The number of hydrogen-bond acceptors (Lipinski definition) is 0. The molecule has 32 valence electrons. The molecular weight excluding hydrogens is 151 g/mol. The summed E-state index contributed by atoms with van der Waals surface area (Å²) in [7, 11) is 0. The van der Waals surface area contributed by atoms with E-state index in [0.29, 0.717) is 0 Å². The average Bonchev–Trinajstić information content (AvgIpc) is 0. The van der Waals surface area contributed by atoms with Crippen LogP contribution in [0.4, 0.5) is 0 Å². The Hall–Kier alpha value is 1.17. The molecule has 0 saturated heterocycles. The van der Waals surface area contributed by atoms with E-state index in [2.05, 4.69) is 0 Å². The maximum Gasteiger partial charge on any atom is 1.00 e. The fraction of sp³-hybridized carbons (Fsp3) is 0. The van der Waals surface area contributed by atoms with Crippen LogP contribution in [0.5, 0.6) is 0 Å². The predicted octanol–water partition coefficient (Wildman–Crippen LogP) is -5.36. The molecule has 0 aliphatic heterocycles. The molecular formula is H7LiMoO3. The van der Waals surface area contributed by atoms with Crippen LogP contribution >= 0.6 is 0 Å². The van der Waals surface area contributed by atoms with Crippen molar-refractivity contribution < 1.29 is 57.8 Å². The van der Waals surface area contributed by atoms with Crippen LogP contribution in [0, 0.1) is 0 Å². The zero-order valence-electron chi connectivity index (χ0n) is 3.91. The summed E-state index contributed by atoms with van der Waals surface area (Å²) in [6, 6.07) is 0. The molecule has 0 spiro atoms. The van der Waals surface area contributed by atoms with Gasteiger partial charge in [-0.25, -0.2) is 0 Å². The Morgan fingerprint density at radius 1 is 0.800 bits per heavy atom. The molecule has 0 aromatic heterocycles. The van der Waals surface area contributed by atoms with Gasteiger partial charge >= 0.3 is 18.9 Å². The molecule has 3 nitrogen and oxygen atoms in total. The van der Waals surface area contributed by atoms with Crippen LogP contribution in [0.3, 0.4) is 0 Å². The van der Waals surface area contributed by atoms with Gasteiger partial charge in [-0.1, -0.05) is 0 Å². The molecule has 0 atom stereocenters. The van der Waals surface area contributed by atoms with Gasteiger partial charge in [-0.2, -0.15) is 0 Å². The molecule has 0 amide bonds. The molecule has 0 bridgehead atoms. The Balaban J connectivity index is 0. The molecule has 0 radical (unpaired) electrons. The third-order valence-corrected chi connectivity index (χ3v) is 0. The molecule has 0 aromatic carbocycles. The second-order valence-electron chi connectivity index (χ2n) is 0. The van der Waals surface area contributed by atoms with Crippen LogP contribution in [-0.4, -0.2) is 16.4 Å². The zero-order valence-corrected chi connectivity index (χ0v) is 4.92. The minimum Gasteiger partial charge on any atom is -1.00 e. The summed E-state index contributed by atoms with van der Waals surface area (Å²) < 4.78 is 0. The number of rotatable bonds is 0. The molecule has 5 heteroatoms. The van der Waals surface area contributed by atoms with Crippen molar-refractivity contribution in [3.63, 3.8) is 0 Å². The van der Waals surface area contributed by atoms with Crippen LogP contribution in [-0.2, 0) is 21.1 Å². The van der Waals surface area contributed by atoms with E-state index in [1.54, 1.807) is 0 Å². The topological polar surface area (TPSA) is 94.5 Å². The van der Waals surface area contributed by atoms with Crippen LogP contribution in [0.25, 0.3) is 0 Å². The minimum atomic E-state index is 0. The van der Waals surface area contributed by atoms with Crippen molar-refractivity contribution in [3.8, 4) is 0 Å². The second-order valence-corrected chi connectivity index (χ2v) is 0. The maximum absolute atomic E-state index is 0. The Bertz CT molecular complexity index is 10.8. The van der Waals surface area contributed by atoms with Gasteiger partial charge in [0.25, 0.3) is 0 Å². The molecule has 0 heterocycles. The molecule has 0 fully saturated rings. The van der Waals surface area contributed by atoms with Gasteiger partial charge in [-0.05, 0) is 0 Å². The fourth-order valence-corrected chi connectivity index (χ4v) is 0. The van der Waals surface area contributed by atoms with E-state index < -0.39 is 0 Å². The SMILES string of the molecule is O.O.O.[H-].[Li+].[Mo]. The van der Waals surface area contributed by atoms with E-state index in [0.717, 1.165) is 0 Å². The molecule has 6 N–H and O–H groups in total. The van der Waals surface area contributed by atoms with Crippen molar-refractivity contribution in [3.05, 3.63) is 0 Å². The van der Waals surface area contributed by atoms with Crippen LogP contribution in [0.15, 0.2) is 0 Å². The van der Waals surface area contributed by atoms with E-state index in [9.17, 15) is 0 Å². The molecule has 5 heavy (non-hydrogen) atoms. The standard InChI is InChI=1S/Li.Mo.3H2O.H/h;;3*1H2;/q+1;;;;;-1. The Morgan fingerprint density at radius 2 is 0.800 bits per heavy atom. The predicted molar refractivity (Wildman–Crippen MR) is 12.0 cm³/mol. The first kappa shape index (κ1) is 121. The third kappa shape index (κ3) is 38.1. The van der Waals surface area contributed by atoms with Crippen molar-refractivity contribution >= 4 is 0 Å². The van der Waals surface area contributed by atoms with Gasteiger partial charge in [-0.15, -0.1) is 0 Å². The summed E-state index contributed by atoms with van der Waals surface area (Å²) in [6.45, 7) is 0. The first-order valence-corrected chi connectivity index (χ1v) is 0. The van der Waals surface area contributed by atoms with E-state index in [1.807, 2.05) is 0 Å². The van der Waals surface area contributed by atoms with Crippen molar-refractivity contribution in [2.24, 2.45) is 0 Å². The van der Waals surface area contributed by atoms with E-state index >= 15 is 0 Å². The molecule has 0 aliphatic carbocycles. The van der Waals surface area contributed by atoms with E-state index in [-0.39, 0.29) is 57.8 Å². The Labute approximate surface area is 58.0 Å². The molecule has 0 unspecified atom stereocenters. The smallest absolute Gasteiger partial charge is 1.00 e. The van der Waals surface area contributed by atoms with Gasteiger partial charge in [0.2, 0.25) is 0 Å². The average molecular weight is 158 g/mol. The molecule has 0 rings (SSSR count). The largest absolute Gasteiger partial charge is 1.00 e. The van der Waals surface area contributed by atoms with Crippen molar-refractivity contribution in [1.29, 1.82) is 0 Å². The summed E-state index contributed by atoms with van der Waals surface area (Å²) in [5.74, 6) is 0. The van der Waals surface area contributed by atoms with E-state index in [1.165, 1.54) is 0 Å². The van der Waals surface area contributed by atoms with Crippen LogP contribution in [0.1, 0.15) is 1.43 Å². The van der Waals surface area contributed by atoms with Crippen LogP contribution < -0.4 is 18.9 Å². The summed E-state index contributed by atoms with van der Waals surface area (Å²) in [5.41, 5.74) is 0. The summed E-state index contributed by atoms with van der Waals surface area (Å²) >= 11 is 0. The van der Waals surface area contributed by atoms with Gasteiger partial charge in [-0.3, -0.25) is 0 Å². The fourth-order valence-electron chi connectivity index (χ4n) is 0.